The number of rotatable bonds is 8. The number of hydrogen-bond donors (Lipinski definition) is 0. The standard InChI is InChI=1S/C33H36N4O2/c1-20(2)38-24-8-10-26-28-12-14-34-22(5)32(28)36(30(26)18-24)16-7-17-37-31-19-25(39-21(3)4)9-11-27(31)29-13-15-35-23(6)33(29)37/h8-15,18-21H,7,16-17H2,1-6H3. The molecule has 39 heavy (non-hydrogen) atoms. The largest absolute Gasteiger partial charge is 0.491 e. The summed E-state index contributed by atoms with van der Waals surface area (Å²) in [7, 11) is 0. The Morgan fingerprint density at radius 2 is 1.05 bits per heavy atom. The second-order valence-electron chi connectivity index (χ2n) is 10.9. The third-order valence-electron chi connectivity index (χ3n) is 7.36. The first-order valence-electron chi connectivity index (χ1n) is 13.9. The van der Waals surface area contributed by atoms with E-state index in [1.54, 1.807) is 0 Å². The maximum Gasteiger partial charge on any atom is 0.121 e. The fourth-order valence-corrected chi connectivity index (χ4v) is 5.94. The first-order valence-corrected chi connectivity index (χ1v) is 13.9. The van der Waals surface area contributed by atoms with E-state index < -0.39 is 0 Å². The van der Waals surface area contributed by atoms with Crippen LogP contribution in [0.2, 0.25) is 0 Å². The van der Waals surface area contributed by atoms with Gasteiger partial charge in [-0.3, -0.25) is 9.97 Å². The van der Waals surface area contributed by atoms with Gasteiger partial charge in [-0.1, -0.05) is 0 Å². The van der Waals surface area contributed by atoms with Gasteiger partial charge in [0, 0.05) is 59.2 Å². The zero-order valence-corrected chi connectivity index (χ0v) is 23.7. The lowest BCUT2D eigenvalue weighted by Crippen LogP contribution is -2.07. The Balaban J connectivity index is 1.42. The van der Waals surface area contributed by atoms with Gasteiger partial charge in [-0.2, -0.15) is 0 Å². The van der Waals surface area contributed by atoms with Crippen LogP contribution in [0.4, 0.5) is 0 Å². The summed E-state index contributed by atoms with van der Waals surface area (Å²) in [5.74, 6) is 1.79. The number of benzene rings is 2. The molecule has 0 saturated heterocycles. The molecule has 6 nitrogen and oxygen atoms in total. The summed E-state index contributed by atoms with van der Waals surface area (Å²) in [4.78, 5) is 9.28. The number of ether oxygens (including phenoxy) is 2. The van der Waals surface area contributed by atoms with Crippen molar-refractivity contribution in [2.45, 2.75) is 73.3 Å². The molecule has 0 saturated carbocycles. The predicted octanol–water partition coefficient (Wildman–Crippen LogP) is 7.97. The van der Waals surface area contributed by atoms with Crippen LogP contribution in [0, 0.1) is 13.8 Å². The van der Waals surface area contributed by atoms with Crippen LogP contribution in [0.5, 0.6) is 11.5 Å². The van der Waals surface area contributed by atoms with Crippen molar-refractivity contribution in [3.8, 4) is 11.5 Å². The molecule has 0 unspecified atom stereocenters. The van der Waals surface area contributed by atoms with E-state index in [1.165, 1.54) is 43.6 Å². The molecule has 0 fully saturated rings. The van der Waals surface area contributed by atoms with Crippen molar-refractivity contribution < 1.29 is 9.47 Å². The number of hydrogen-bond acceptors (Lipinski definition) is 4. The molecule has 200 valence electrons. The van der Waals surface area contributed by atoms with E-state index in [0.29, 0.717) is 0 Å². The summed E-state index contributed by atoms with van der Waals surface area (Å²) in [6, 6.07) is 17.1. The van der Waals surface area contributed by atoms with Gasteiger partial charge in [-0.05, 0) is 84.4 Å². The molecule has 2 aromatic carbocycles. The van der Waals surface area contributed by atoms with Gasteiger partial charge in [0.25, 0.3) is 0 Å². The van der Waals surface area contributed by atoms with Crippen LogP contribution in [-0.2, 0) is 13.1 Å². The normalized spacial score (nSPS) is 12.1. The smallest absolute Gasteiger partial charge is 0.121 e. The van der Waals surface area contributed by atoms with Crippen LogP contribution < -0.4 is 9.47 Å². The maximum absolute atomic E-state index is 6.06. The lowest BCUT2D eigenvalue weighted by Gasteiger charge is -2.14. The highest BCUT2D eigenvalue weighted by molar-refractivity contribution is 6.10. The fraction of sp³-hybridized carbons (Fsp3) is 0.333. The monoisotopic (exact) mass is 520 g/mol. The first-order chi connectivity index (χ1) is 18.8. The lowest BCUT2D eigenvalue weighted by atomic mass is 10.1. The summed E-state index contributed by atoms with van der Waals surface area (Å²) in [5, 5.41) is 4.94. The van der Waals surface area contributed by atoms with Crippen LogP contribution in [-0.4, -0.2) is 31.3 Å². The van der Waals surface area contributed by atoms with Crippen LogP contribution in [0.1, 0.15) is 45.5 Å². The third kappa shape index (κ3) is 4.48. The average molecular weight is 521 g/mol. The van der Waals surface area contributed by atoms with Gasteiger partial charge < -0.3 is 18.6 Å². The van der Waals surface area contributed by atoms with Crippen molar-refractivity contribution in [2.75, 3.05) is 0 Å². The Hall–Kier alpha value is -4.06. The molecule has 6 rings (SSSR count). The number of aromatic nitrogens is 4. The highest BCUT2D eigenvalue weighted by atomic mass is 16.5. The van der Waals surface area contributed by atoms with Crippen LogP contribution >= 0.6 is 0 Å². The van der Waals surface area contributed by atoms with Crippen molar-refractivity contribution in [3.05, 3.63) is 72.3 Å². The summed E-state index contributed by atoms with van der Waals surface area (Å²) >= 11 is 0. The van der Waals surface area contributed by atoms with E-state index >= 15 is 0 Å². The first kappa shape index (κ1) is 25.2. The second-order valence-corrected chi connectivity index (χ2v) is 10.9. The van der Waals surface area contributed by atoms with Crippen molar-refractivity contribution in [2.24, 2.45) is 0 Å². The molecule has 0 radical (unpaired) electrons. The third-order valence-corrected chi connectivity index (χ3v) is 7.36. The van der Waals surface area contributed by atoms with E-state index in [0.717, 1.165) is 42.4 Å². The number of aryl methyl sites for hydroxylation is 4. The summed E-state index contributed by atoms with van der Waals surface area (Å²) < 4.78 is 17.0. The van der Waals surface area contributed by atoms with Crippen molar-refractivity contribution in [1.82, 2.24) is 19.1 Å². The molecule has 0 atom stereocenters. The molecule has 4 aromatic heterocycles. The van der Waals surface area contributed by atoms with Gasteiger partial charge in [0.2, 0.25) is 0 Å². The Morgan fingerprint density at radius 3 is 1.46 bits per heavy atom. The molecular weight excluding hydrogens is 484 g/mol. The SMILES string of the molecule is Cc1nccc2c3ccc(OC(C)C)cc3n(CCCn3c4cc(OC(C)C)ccc4c4ccnc(C)c43)c12. The molecule has 0 aliphatic carbocycles. The molecule has 0 bridgehead atoms. The maximum atomic E-state index is 6.06. The number of pyridine rings is 2. The number of nitrogens with zero attached hydrogens (tertiary/aromatic N) is 4. The van der Waals surface area contributed by atoms with Gasteiger partial charge in [-0.15, -0.1) is 0 Å². The van der Waals surface area contributed by atoms with Gasteiger partial charge >= 0.3 is 0 Å². The Morgan fingerprint density at radius 1 is 0.615 bits per heavy atom. The number of fused-ring (bicyclic) bond motifs is 6. The summed E-state index contributed by atoms with van der Waals surface area (Å²) in [5.41, 5.74) is 6.85. The topological polar surface area (TPSA) is 54.1 Å². The van der Waals surface area contributed by atoms with E-state index in [-0.39, 0.29) is 12.2 Å². The fourth-order valence-electron chi connectivity index (χ4n) is 5.94. The predicted molar refractivity (Wildman–Crippen MR) is 160 cm³/mol. The molecule has 0 aliphatic heterocycles. The summed E-state index contributed by atoms with van der Waals surface area (Å²) in [6.45, 7) is 14.2. The van der Waals surface area contributed by atoms with Crippen molar-refractivity contribution >= 4 is 43.6 Å². The second kappa shape index (κ2) is 9.92. The van der Waals surface area contributed by atoms with Gasteiger partial charge in [-0.25, -0.2) is 0 Å². The Bertz CT molecular complexity index is 1690. The van der Waals surface area contributed by atoms with Crippen LogP contribution in [0.15, 0.2) is 60.9 Å². The molecular formula is C33H36N4O2. The molecule has 6 heteroatoms. The highest BCUT2D eigenvalue weighted by Gasteiger charge is 2.17. The van der Waals surface area contributed by atoms with E-state index in [1.807, 2.05) is 12.4 Å². The zero-order chi connectivity index (χ0) is 27.3. The molecule has 0 N–H and O–H groups in total. The summed E-state index contributed by atoms with van der Waals surface area (Å²) in [6.07, 6.45) is 5.01. The Kier molecular flexibility index (Phi) is 6.42. The van der Waals surface area contributed by atoms with Gasteiger partial charge in [0.05, 0.1) is 45.7 Å². The van der Waals surface area contributed by atoms with Crippen LogP contribution in [0.25, 0.3) is 43.6 Å². The van der Waals surface area contributed by atoms with Crippen molar-refractivity contribution in [1.29, 1.82) is 0 Å². The molecule has 0 aliphatic rings. The molecule has 6 aromatic rings. The zero-order valence-electron chi connectivity index (χ0n) is 23.7. The van der Waals surface area contributed by atoms with E-state index in [4.69, 9.17) is 9.47 Å². The quantitative estimate of drug-likeness (QED) is 0.204. The minimum Gasteiger partial charge on any atom is -0.491 e. The molecule has 4 heterocycles. The van der Waals surface area contributed by atoms with Gasteiger partial charge in [0.15, 0.2) is 0 Å². The lowest BCUT2D eigenvalue weighted by molar-refractivity contribution is 0.242. The minimum absolute atomic E-state index is 0.125. The van der Waals surface area contributed by atoms with Gasteiger partial charge in [0.1, 0.15) is 11.5 Å². The van der Waals surface area contributed by atoms with Crippen LogP contribution in [0.3, 0.4) is 0 Å². The van der Waals surface area contributed by atoms with E-state index in [2.05, 4.69) is 109 Å². The Labute approximate surface area is 229 Å². The average Bonchev–Trinajstić information content (AvgIpc) is 3.37. The van der Waals surface area contributed by atoms with E-state index in [9.17, 15) is 0 Å². The highest BCUT2D eigenvalue weighted by Crippen LogP contribution is 2.35. The minimum atomic E-state index is 0.125. The molecule has 0 spiro atoms. The van der Waals surface area contributed by atoms with Crippen molar-refractivity contribution in [3.63, 3.8) is 0 Å². The molecule has 0 amide bonds.